The number of nitrogen functional groups attached to an aromatic ring is 1. The molecule has 0 unspecified atom stereocenters. The van der Waals surface area contributed by atoms with Gasteiger partial charge in [0.15, 0.2) is 0 Å². The smallest absolute Gasteiger partial charge is 0.128 e. The van der Waals surface area contributed by atoms with Gasteiger partial charge in [-0.1, -0.05) is 17.7 Å². The maximum absolute atomic E-state index is 13.2. The molecular weight excluding hydrogens is 215 g/mol. The fourth-order valence-corrected chi connectivity index (χ4v) is 1.60. The zero-order chi connectivity index (χ0) is 12.4. The molecule has 0 atom stereocenters. The quantitative estimate of drug-likeness (QED) is 0.771. The van der Waals surface area contributed by atoms with Crippen LogP contribution in [0.5, 0.6) is 0 Å². The molecule has 0 aromatic heterocycles. The average molecular weight is 230 g/mol. The van der Waals surface area contributed by atoms with Crippen molar-refractivity contribution in [3.05, 3.63) is 53.3 Å². The summed E-state index contributed by atoms with van der Waals surface area (Å²) in [5, 5.41) is 3.18. The summed E-state index contributed by atoms with van der Waals surface area (Å²) < 4.78 is 13.2. The van der Waals surface area contributed by atoms with Crippen LogP contribution in [0.3, 0.4) is 0 Å². The van der Waals surface area contributed by atoms with Crippen molar-refractivity contribution in [2.24, 2.45) is 0 Å². The van der Waals surface area contributed by atoms with Crippen LogP contribution in [0, 0.1) is 19.7 Å². The van der Waals surface area contributed by atoms with Crippen LogP contribution in [-0.2, 0) is 0 Å². The van der Waals surface area contributed by atoms with Crippen LogP contribution in [0.4, 0.5) is 21.5 Å². The summed E-state index contributed by atoms with van der Waals surface area (Å²) in [5.41, 5.74) is 9.61. The van der Waals surface area contributed by atoms with E-state index in [2.05, 4.69) is 5.32 Å². The van der Waals surface area contributed by atoms with Crippen LogP contribution in [0.15, 0.2) is 36.4 Å². The minimum absolute atomic E-state index is 0.281. The van der Waals surface area contributed by atoms with E-state index >= 15 is 0 Å². The van der Waals surface area contributed by atoms with Crippen molar-refractivity contribution >= 4 is 17.1 Å². The minimum atomic E-state index is -0.281. The number of rotatable bonds is 2. The Kier molecular flexibility index (Phi) is 3.00. The minimum Gasteiger partial charge on any atom is -0.397 e. The first-order chi connectivity index (χ1) is 8.06. The number of nitrogens with one attached hydrogen (secondary N) is 1. The zero-order valence-electron chi connectivity index (χ0n) is 9.92. The fraction of sp³-hybridized carbons (Fsp3) is 0.143. The van der Waals surface area contributed by atoms with E-state index < -0.39 is 0 Å². The molecule has 0 amide bonds. The van der Waals surface area contributed by atoms with Gasteiger partial charge in [0.1, 0.15) is 5.82 Å². The Morgan fingerprint density at radius 2 is 1.71 bits per heavy atom. The molecule has 2 rings (SSSR count). The normalized spacial score (nSPS) is 10.3. The van der Waals surface area contributed by atoms with Crippen LogP contribution < -0.4 is 11.1 Å². The van der Waals surface area contributed by atoms with Crippen LogP contribution in [0.25, 0.3) is 0 Å². The molecule has 0 saturated heterocycles. The number of hydrogen-bond donors (Lipinski definition) is 2. The van der Waals surface area contributed by atoms with Gasteiger partial charge in [-0.3, -0.25) is 0 Å². The first-order valence-corrected chi connectivity index (χ1v) is 5.45. The van der Waals surface area contributed by atoms with Crippen molar-refractivity contribution in [1.29, 1.82) is 0 Å². The standard InChI is InChI=1S/C14H15FN2/c1-9-3-5-11(6-4-9)17-14-7-10(2)12(15)8-13(14)16/h3-8,17H,16H2,1-2H3. The second kappa shape index (κ2) is 4.45. The molecule has 0 aliphatic heterocycles. The number of nitrogens with two attached hydrogens (primary N) is 1. The summed E-state index contributed by atoms with van der Waals surface area (Å²) in [6.45, 7) is 3.75. The molecule has 0 radical (unpaired) electrons. The lowest BCUT2D eigenvalue weighted by Gasteiger charge is -2.11. The number of halogens is 1. The van der Waals surface area contributed by atoms with Gasteiger partial charge in [-0.15, -0.1) is 0 Å². The molecule has 0 fully saturated rings. The summed E-state index contributed by atoms with van der Waals surface area (Å²) in [4.78, 5) is 0. The lowest BCUT2D eigenvalue weighted by atomic mass is 10.1. The Bertz CT molecular complexity index is 533. The molecule has 2 nitrogen and oxygen atoms in total. The molecule has 3 heteroatoms. The van der Waals surface area contributed by atoms with E-state index in [0.717, 1.165) is 11.4 Å². The average Bonchev–Trinajstić information content (AvgIpc) is 2.29. The predicted molar refractivity (Wildman–Crippen MR) is 70.0 cm³/mol. The topological polar surface area (TPSA) is 38.0 Å². The largest absolute Gasteiger partial charge is 0.397 e. The number of anilines is 3. The van der Waals surface area contributed by atoms with Gasteiger partial charge in [0.05, 0.1) is 11.4 Å². The molecule has 2 aromatic carbocycles. The van der Waals surface area contributed by atoms with Crippen molar-refractivity contribution in [2.45, 2.75) is 13.8 Å². The van der Waals surface area contributed by atoms with E-state index in [9.17, 15) is 4.39 Å². The van der Waals surface area contributed by atoms with Crippen molar-refractivity contribution in [1.82, 2.24) is 0 Å². The molecule has 0 bridgehead atoms. The van der Waals surface area contributed by atoms with Crippen LogP contribution in [-0.4, -0.2) is 0 Å². The van der Waals surface area contributed by atoms with Crippen molar-refractivity contribution in [3.8, 4) is 0 Å². The third-order valence-electron chi connectivity index (χ3n) is 2.66. The maximum atomic E-state index is 13.2. The van der Waals surface area contributed by atoms with Gasteiger partial charge in [-0.25, -0.2) is 4.39 Å². The van der Waals surface area contributed by atoms with Crippen LogP contribution in [0.2, 0.25) is 0 Å². The molecule has 0 heterocycles. The van der Waals surface area contributed by atoms with Gasteiger partial charge in [0.25, 0.3) is 0 Å². The summed E-state index contributed by atoms with van der Waals surface area (Å²) in [7, 11) is 0. The highest BCUT2D eigenvalue weighted by Gasteiger charge is 2.04. The predicted octanol–water partition coefficient (Wildman–Crippen LogP) is 3.77. The van der Waals surface area contributed by atoms with Crippen molar-refractivity contribution < 1.29 is 4.39 Å². The third kappa shape index (κ3) is 2.56. The highest BCUT2D eigenvalue weighted by molar-refractivity contribution is 5.73. The van der Waals surface area contributed by atoms with Gasteiger partial charge in [0, 0.05) is 5.69 Å². The molecular formula is C14H15FN2. The fourth-order valence-electron chi connectivity index (χ4n) is 1.60. The molecule has 3 N–H and O–H groups in total. The Morgan fingerprint density at radius 1 is 1.06 bits per heavy atom. The second-order valence-corrected chi connectivity index (χ2v) is 4.18. The second-order valence-electron chi connectivity index (χ2n) is 4.18. The van der Waals surface area contributed by atoms with Gasteiger partial charge >= 0.3 is 0 Å². The Balaban J connectivity index is 2.30. The monoisotopic (exact) mass is 230 g/mol. The number of hydrogen-bond acceptors (Lipinski definition) is 2. The molecule has 2 aromatic rings. The van der Waals surface area contributed by atoms with Gasteiger partial charge in [-0.05, 0) is 43.7 Å². The Labute approximate surface area is 100 Å². The highest BCUT2D eigenvalue weighted by atomic mass is 19.1. The van der Waals surface area contributed by atoms with Crippen LogP contribution in [0.1, 0.15) is 11.1 Å². The summed E-state index contributed by atoms with van der Waals surface area (Å²) in [6.07, 6.45) is 0. The lowest BCUT2D eigenvalue weighted by molar-refractivity contribution is 0.619. The summed E-state index contributed by atoms with van der Waals surface area (Å²) in [6, 6.07) is 11.0. The molecule has 88 valence electrons. The maximum Gasteiger partial charge on any atom is 0.128 e. The molecule has 17 heavy (non-hydrogen) atoms. The van der Waals surface area contributed by atoms with Crippen LogP contribution >= 0.6 is 0 Å². The van der Waals surface area contributed by atoms with Gasteiger partial charge < -0.3 is 11.1 Å². The zero-order valence-corrected chi connectivity index (χ0v) is 9.92. The number of benzene rings is 2. The van der Waals surface area contributed by atoms with Gasteiger partial charge in [-0.2, -0.15) is 0 Å². The van der Waals surface area contributed by atoms with E-state index in [4.69, 9.17) is 5.73 Å². The van der Waals surface area contributed by atoms with Crippen molar-refractivity contribution in [2.75, 3.05) is 11.1 Å². The Morgan fingerprint density at radius 3 is 2.35 bits per heavy atom. The van der Waals surface area contributed by atoms with E-state index in [1.165, 1.54) is 11.6 Å². The van der Waals surface area contributed by atoms with E-state index in [0.29, 0.717) is 11.3 Å². The molecule has 0 spiro atoms. The van der Waals surface area contributed by atoms with E-state index in [1.54, 1.807) is 13.0 Å². The first kappa shape index (κ1) is 11.5. The van der Waals surface area contributed by atoms with E-state index in [1.807, 2.05) is 31.2 Å². The Hall–Kier alpha value is -2.03. The first-order valence-electron chi connectivity index (χ1n) is 5.45. The lowest BCUT2D eigenvalue weighted by Crippen LogP contribution is -1.98. The summed E-state index contributed by atoms with van der Waals surface area (Å²) in [5.74, 6) is -0.281. The molecule has 0 saturated carbocycles. The third-order valence-corrected chi connectivity index (χ3v) is 2.66. The van der Waals surface area contributed by atoms with E-state index in [-0.39, 0.29) is 5.82 Å². The number of aryl methyl sites for hydroxylation is 2. The van der Waals surface area contributed by atoms with Crippen molar-refractivity contribution in [3.63, 3.8) is 0 Å². The molecule has 0 aliphatic carbocycles. The summed E-state index contributed by atoms with van der Waals surface area (Å²) >= 11 is 0. The van der Waals surface area contributed by atoms with Gasteiger partial charge in [0.2, 0.25) is 0 Å². The highest BCUT2D eigenvalue weighted by Crippen LogP contribution is 2.26. The molecule has 0 aliphatic rings. The SMILES string of the molecule is Cc1ccc(Nc2cc(C)c(F)cc2N)cc1.